The molecule has 0 aliphatic carbocycles. The van der Waals surface area contributed by atoms with Gasteiger partial charge in [0.2, 0.25) is 17.7 Å². The first-order chi connectivity index (χ1) is 39.1. The number of piperidine rings is 2. The number of hydrogen-bond donors (Lipinski definition) is 3. The van der Waals surface area contributed by atoms with Crippen molar-refractivity contribution in [2.75, 3.05) is 43.2 Å². The lowest BCUT2D eigenvalue weighted by molar-refractivity contribution is -0.135. The van der Waals surface area contributed by atoms with Gasteiger partial charge >= 0.3 is 6.01 Å². The largest absolute Gasteiger partial charge is 0.508 e. The van der Waals surface area contributed by atoms with Crippen LogP contribution in [-0.2, 0) is 32.0 Å². The predicted octanol–water partition coefficient (Wildman–Crippen LogP) is 13.3. The van der Waals surface area contributed by atoms with Gasteiger partial charge in [0.05, 0.1) is 24.7 Å². The van der Waals surface area contributed by atoms with Crippen LogP contribution in [-0.4, -0.2) is 111 Å². The zero-order chi connectivity index (χ0) is 58.8. The van der Waals surface area contributed by atoms with Crippen LogP contribution in [0.4, 0.5) is 20.3 Å². The highest BCUT2D eigenvalue weighted by atomic mass is 19.1. The summed E-state index contributed by atoms with van der Waals surface area (Å²) in [6, 6.07) is 13.1. The van der Waals surface area contributed by atoms with Gasteiger partial charge in [-0.1, -0.05) is 92.9 Å². The number of hydrogen-bond acceptors (Lipinski definition) is 12. The number of benzene rings is 3. The lowest BCUT2D eigenvalue weighted by Gasteiger charge is -2.34. The van der Waals surface area contributed by atoms with Gasteiger partial charge in [0.1, 0.15) is 34.6 Å². The molecule has 0 bridgehead atoms. The van der Waals surface area contributed by atoms with E-state index in [1.807, 2.05) is 51.7 Å². The Kier molecular flexibility index (Phi) is 25.1. The third-order valence-electron chi connectivity index (χ3n) is 16.3. The van der Waals surface area contributed by atoms with E-state index in [1.54, 1.807) is 11.0 Å². The summed E-state index contributed by atoms with van der Waals surface area (Å²) < 4.78 is 42.0. The number of carbonyl (C=O) groups excluding carboxylic acids is 3. The van der Waals surface area contributed by atoms with Crippen molar-refractivity contribution >= 4 is 50.9 Å². The Balaban J connectivity index is 0.000000209. The van der Waals surface area contributed by atoms with Gasteiger partial charge in [-0.05, 0) is 161 Å². The molecule has 3 aromatic carbocycles. The molecule has 4 saturated heterocycles. The zero-order valence-electron chi connectivity index (χ0n) is 50.2. The highest BCUT2D eigenvalue weighted by Crippen LogP contribution is 2.40. The summed E-state index contributed by atoms with van der Waals surface area (Å²) >= 11 is 0. The molecule has 81 heavy (non-hydrogen) atoms. The van der Waals surface area contributed by atoms with E-state index in [1.165, 1.54) is 82.1 Å². The number of fused-ring (bicyclic) bond motifs is 3. The van der Waals surface area contributed by atoms with Gasteiger partial charge in [-0.2, -0.15) is 9.97 Å². The summed E-state index contributed by atoms with van der Waals surface area (Å²) in [4.78, 5) is 56.3. The van der Waals surface area contributed by atoms with Crippen molar-refractivity contribution in [2.45, 2.75) is 215 Å². The number of methoxy groups -OCH3 is 1. The molecule has 6 heterocycles. The highest BCUT2D eigenvalue weighted by Gasteiger charge is 2.37. The Morgan fingerprint density at radius 2 is 1.68 bits per heavy atom. The lowest BCUT2D eigenvalue weighted by atomic mass is 9.94. The number of amides is 3. The Morgan fingerprint density at radius 3 is 2.35 bits per heavy atom. The van der Waals surface area contributed by atoms with Crippen LogP contribution in [0.2, 0.25) is 0 Å². The van der Waals surface area contributed by atoms with Gasteiger partial charge in [-0.3, -0.25) is 34.5 Å². The van der Waals surface area contributed by atoms with E-state index in [9.17, 15) is 29.0 Å². The summed E-state index contributed by atoms with van der Waals surface area (Å²) in [5.74, 6) is -0.592. The number of rotatable bonds is 20. The highest BCUT2D eigenvalue weighted by molar-refractivity contribution is 6.07. The molecule has 4 aliphatic heterocycles. The molecule has 5 atom stereocenters. The van der Waals surface area contributed by atoms with Gasteiger partial charge in [0, 0.05) is 62.1 Å². The number of pyridine rings is 1. The molecular formula is C65H93F2N7O7. The molecule has 4 aliphatic rings. The second-order valence-corrected chi connectivity index (χ2v) is 22.2. The standard InChI is InChI=1S/C26H40N2O4.C25H24F2N4O3.C12H23N.C2H6/c1-5-9-21(10-6-2)32-17-8-12-20-13-14-22(19(4)18-20)28(25(30)11-7-3)23-15-16-24(29)27-26(23)31;1-3-16-19(26)7-6-13-9-15(33)10-17(20(13)16)22-21(27)23-18(11-28-22)24(30-25(29-23)34-2)31-8-4-5-14(32)12-31;1-3-10(2)9-12-7-6-11-5-4-8-13(11)12;1-2/h13-14,18,21,23H,5-12,15-17H2,1-4H3,(H,27,29,31);6-7,9-11,14,32-33H,3-5,8,12H2,1-2H3;10-12H,3-9H2,1-2H3;1-2H3. The van der Waals surface area contributed by atoms with Crippen molar-refractivity contribution in [1.29, 1.82) is 0 Å². The van der Waals surface area contributed by atoms with Crippen molar-refractivity contribution in [3.63, 3.8) is 0 Å². The minimum atomic E-state index is -0.727. The molecule has 0 spiro atoms. The van der Waals surface area contributed by atoms with E-state index in [2.05, 4.69) is 58.9 Å². The molecule has 5 unspecified atom stereocenters. The van der Waals surface area contributed by atoms with Gasteiger partial charge in [0.15, 0.2) is 5.82 Å². The van der Waals surface area contributed by atoms with Gasteiger partial charge in [0.25, 0.3) is 0 Å². The SMILES string of the molecule is CC.CCC(C)CC1CCC2CCCN21.CCCC(=O)N(c1ccc(CCCOC(CCC)CCC)cc1C)C1CCC(=O)NC1=O.CCc1c(F)ccc2cc(O)cc(-c3ncc4c(N5CCCC(O)C5)nc(OC)nc4c3F)c12. The molecule has 2 aromatic heterocycles. The van der Waals surface area contributed by atoms with E-state index >= 15 is 4.39 Å². The molecule has 3 N–H and O–H groups in total. The fourth-order valence-corrected chi connectivity index (χ4v) is 12.2. The van der Waals surface area contributed by atoms with E-state index in [-0.39, 0.29) is 52.7 Å². The van der Waals surface area contributed by atoms with Crippen molar-refractivity contribution in [3.8, 4) is 23.0 Å². The molecule has 14 nitrogen and oxygen atoms in total. The molecular weight excluding hydrogens is 1030 g/mol. The summed E-state index contributed by atoms with van der Waals surface area (Å²) in [5.41, 5.74) is 3.55. The first-order valence-electron chi connectivity index (χ1n) is 30.5. The number of imide groups is 1. The third-order valence-corrected chi connectivity index (χ3v) is 16.3. The van der Waals surface area contributed by atoms with E-state index < -0.39 is 23.8 Å². The third kappa shape index (κ3) is 16.5. The van der Waals surface area contributed by atoms with Crippen molar-refractivity contribution in [1.82, 2.24) is 25.2 Å². The Labute approximate surface area is 480 Å². The molecule has 3 amide bonds. The Morgan fingerprint density at radius 1 is 0.926 bits per heavy atom. The Bertz CT molecular complexity index is 2860. The van der Waals surface area contributed by atoms with Crippen LogP contribution < -0.4 is 19.9 Å². The predicted molar refractivity (Wildman–Crippen MR) is 321 cm³/mol. The number of phenols is 1. The first-order valence-corrected chi connectivity index (χ1v) is 30.5. The number of aromatic nitrogens is 3. The molecule has 0 saturated carbocycles. The quantitative estimate of drug-likeness (QED) is 0.0499. The maximum Gasteiger partial charge on any atom is 0.318 e. The number of β-amino-alcohol motifs (C(OH)–C–C–N with tert-alkyl or cyclic N) is 1. The number of nitrogens with zero attached hydrogens (tertiary/aromatic N) is 6. The second kappa shape index (κ2) is 31.6. The smallest absolute Gasteiger partial charge is 0.318 e. The number of aryl methyl sites for hydroxylation is 3. The number of aliphatic hydroxyl groups is 1. The van der Waals surface area contributed by atoms with Gasteiger partial charge < -0.3 is 24.6 Å². The first kappa shape index (κ1) is 64.3. The summed E-state index contributed by atoms with van der Waals surface area (Å²) in [6.07, 6.45) is 19.9. The van der Waals surface area contributed by atoms with Gasteiger partial charge in [-0.15, -0.1) is 0 Å². The number of phenolic OH excluding ortho intramolecular Hbond substituents is 1. The molecule has 4 fully saturated rings. The van der Waals surface area contributed by atoms with Crippen LogP contribution in [0.25, 0.3) is 32.9 Å². The van der Waals surface area contributed by atoms with Crippen LogP contribution >= 0.6 is 0 Å². The van der Waals surface area contributed by atoms with Crippen LogP contribution in [0.1, 0.15) is 181 Å². The van der Waals surface area contributed by atoms with Crippen LogP contribution in [0.15, 0.2) is 48.7 Å². The molecule has 444 valence electrons. The summed E-state index contributed by atoms with van der Waals surface area (Å²) in [6.45, 7) is 22.0. The average molecular weight is 1120 g/mol. The van der Waals surface area contributed by atoms with Crippen LogP contribution in [0, 0.1) is 24.5 Å². The summed E-state index contributed by atoms with van der Waals surface area (Å²) in [7, 11) is 1.40. The normalized spacial score (nSPS) is 19.3. The molecule has 9 rings (SSSR count). The maximum atomic E-state index is 16.0. The van der Waals surface area contributed by atoms with Crippen molar-refractivity contribution in [2.24, 2.45) is 5.92 Å². The van der Waals surface area contributed by atoms with Crippen LogP contribution in [0.5, 0.6) is 11.8 Å². The van der Waals surface area contributed by atoms with E-state index in [0.717, 1.165) is 80.8 Å². The number of aromatic hydroxyl groups is 1. The maximum absolute atomic E-state index is 16.0. The number of carbonyl (C=O) groups is 3. The number of halogens is 2. The van der Waals surface area contributed by atoms with Crippen LogP contribution in [0.3, 0.4) is 0 Å². The van der Waals surface area contributed by atoms with E-state index in [0.29, 0.717) is 78.8 Å². The molecule has 16 heteroatoms. The Hall–Kier alpha value is -5.84. The second-order valence-electron chi connectivity index (χ2n) is 22.2. The number of nitrogens with one attached hydrogen (secondary N) is 1. The number of aliphatic hydroxyl groups excluding tert-OH is 1. The molecule has 5 aromatic rings. The fraction of sp³-hybridized carbons (Fsp3) is 0.600. The van der Waals surface area contributed by atoms with Gasteiger partial charge in [-0.25, -0.2) is 8.78 Å². The molecule has 0 radical (unpaired) electrons. The number of anilines is 2. The average Bonchev–Trinajstić information content (AvgIpc) is 4.30. The van der Waals surface area contributed by atoms with Crippen molar-refractivity contribution < 1.29 is 42.9 Å². The zero-order valence-corrected chi connectivity index (χ0v) is 50.2. The lowest BCUT2D eigenvalue weighted by Crippen LogP contribution is -2.54. The van der Waals surface area contributed by atoms with Crippen molar-refractivity contribution in [3.05, 3.63) is 77.0 Å². The monoisotopic (exact) mass is 1120 g/mol. The topological polar surface area (TPSA) is 171 Å². The fourth-order valence-electron chi connectivity index (χ4n) is 12.2. The number of ether oxygens (including phenoxy) is 2. The van der Waals surface area contributed by atoms with E-state index in [4.69, 9.17) is 9.47 Å². The minimum absolute atomic E-state index is 0.00198. The summed E-state index contributed by atoms with van der Waals surface area (Å²) in [5, 5.41) is 24.3. The minimum Gasteiger partial charge on any atom is -0.508 e.